The Balaban J connectivity index is 1.49. The van der Waals surface area contributed by atoms with Crippen LogP contribution >= 0.6 is 11.3 Å². The van der Waals surface area contributed by atoms with Crippen LogP contribution < -0.4 is 5.32 Å². The van der Waals surface area contributed by atoms with Crippen LogP contribution in [-0.2, 0) is 9.53 Å². The van der Waals surface area contributed by atoms with E-state index in [1.54, 1.807) is 0 Å². The third-order valence-electron chi connectivity index (χ3n) is 5.98. The van der Waals surface area contributed by atoms with Gasteiger partial charge < -0.3 is 15.0 Å². The van der Waals surface area contributed by atoms with E-state index in [1.165, 1.54) is 18.4 Å². The van der Waals surface area contributed by atoms with Gasteiger partial charge in [0.05, 0.1) is 7.11 Å². The number of carbonyl (C=O) groups excluding carboxylic acids is 2. The number of hydrogen-bond acceptors (Lipinski definition) is 7. The smallest absolute Gasteiger partial charge is 0.305 e. The maximum Gasteiger partial charge on any atom is 0.305 e. The number of carbonyl (C=O) groups is 2. The number of amides is 1. The van der Waals surface area contributed by atoms with Crippen LogP contribution in [0, 0.1) is 5.92 Å². The summed E-state index contributed by atoms with van der Waals surface area (Å²) < 4.78 is 4.72. The molecule has 1 saturated heterocycles. The molecule has 0 bridgehead atoms. The average molecular weight is 395 g/mol. The van der Waals surface area contributed by atoms with Gasteiger partial charge in [-0.25, -0.2) is 0 Å². The molecule has 7 nitrogen and oxygen atoms in total. The van der Waals surface area contributed by atoms with Gasteiger partial charge in [0.1, 0.15) is 5.01 Å². The zero-order chi connectivity index (χ0) is 19.2. The molecule has 1 aromatic heterocycles. The van der Waals surface area contributed by atoms with E-state index >= 15 is 0 Å². The maximum atomic E-state index is 12.8. The lowest BCUT2D eigenvalue weighted by Crippen LogP contribution is -2.39. The van der Waals surface area contributed by atoms with Crippen LogP contribution in [0.5, 0.6) is 0 Å². The molecule has 3 rings (SSSR count). The summed E-state index contributed by atoms with van der Waals surface area (Å²) >= 11 is 1.46. The van der Waals surface area contributed by atoms with E-state index in [4.69, 9.17) is 4.74 Å². The van der Waals surface area contributed by atoms with Crippen molar-refractivity contribution in [3.63, 3.8) is 0 Å². The summed E-state index contributed by atoms with van der Waals surface area (Å²) in [5.41, 5.74) is 0. The number of ether oxygens (including phenoxy) is 1. The molecule has 1 aliphatic carbocycles. The molecule has 2 heterocycles. The lowest BCUT2D eigenvalue weighted by Gasteiger charge is -2.34. The Morgan fingerprint density at radius 2 is 1.85 bits per heavy atom. The van der Waals surface area contributed by atoms with Gasteiger partial charge in [-0.2, -0.15) is 0 Å². The third-order valence-corrected chi connectivity index (χ3v) is 7.05. The van der Waals surface area contributed by atoms with Crippen molar-refractivity contribution in [3.8, 4) is 0 Å². The average Bonchev–Trinajstić information content (AvgIpc) is 3.22. The first-order valence-corrected chi connectivity index (χ1v) is 10.8. The second kappa shape index (κ2) is 9.59. The van der Waals surface area contributed by atoms with Gasteiger partial charge in [0.2, 0.25) is 5.01 Å². The van der Waals surface area contributed by atoms with Crippen molar-refractivity contribution in [2.24, 2.45) is 5.92 Å². The van der Waals surface area contributed by atoms with Crippen LogP contribution in [0.4, 0.5) is 0 Å². The fourth-order valence-electron chi connectivity index (χ4n) is 4.12. The molecule has 0 radical (unpaired) electrons. The highest BCUT2D eigenvalue weighted by Crippen LogP contribution is 2.32. The molecule has 27 heavy (non-hydrogen) atoms. The number of esters is 1. The Morgan fingerprint density at radius 3 is 2.52 bits per heavy atom. The Hall–Kier alpha value is -1.54. The standard InChI is InChI=1S/C19H30N4O3S/c1-23(15-6-3-13(4-7-15)5-8-16(24)26-2)19(25)18-22-21-17(27-18)14-9-11-20-12-10-14/h13-15,20H,3-12H2,1-2H3. The Kier molecular flexibility index (Phi) is 7.18. The van der Waals surface area contributed by atoms with E-state index in [9.17, 15) is 9.59 Å². The highest BCUT2D eigenvalue weighted by molar-refractivity contribution is 7.13. The molecule has 1 aliphatic heterocycles. The number of nitrogens with one attached hydrogen (secondary N) is 1. The molecule has 1 N–H and O–H groups in total. The summed E-state index contributed by atoms with van der Waals surface area (Å²) in [6.07, 6.45) is 7.56. The second-order valence-corrected chi connectivity index (χ2v) is 8.68. The van der Waals surface area contributed by atoms with Gasteiger partial charge >= 0.3 is 5.97 Å². The second-order valence-electron chi connectivity index (χ2n) is 7.68. The van der Waals surface area contributed by atoms with E-state index < -0.39 is 0 Å². The first-order chi connectivity index (χ1) is 13.1. The molecular formula is C19H30N4O3S. The van der Waals surface area contributed by atoms with Gasteiger partial charge in [-0.3, -0.25) is 9.59 Å². The summed E-state index contributed by atoms with van der Waals surface area (Å²) in [4.78, 5) is 26.0. The highest BCUT2D eigenvalue weighted by atomic mass is 32.1. The summed E-state index contributed by atoms with van der Waals surface area (Å²) in [5, 5.41) is 13.4. The highest BCUT2D eigenvalue weighted by Gasteiger charge is 2.29. The maximum absolute atomic E-state index is 12.8. The molecule has 0 spiro atoms. The SMILES string of the molecule is COC(=O)CCC1CCC(N(C)C(=O)c2nnc(C3CCNCC3)s2)CC1. The molecule has 8 heteroatoms. The zero-order valence-corrected chi connectivity index (χ0v) is 17.1. The Bertz CT molecular complexity index is 637. The van der Waals surface area contributed by atoms with Crippen molar-refractivity contribution in [1.82, 2.24) is 20.4 Å². The number of methoxy groups -OCH3 is 1. The van der Waals surface area contributed by atoms with Gasteiger partial charge in [0.25, 0.3) is 5.91 Å². The number of hydrogen-bond donors (Lipinski definition) is 1. The van der Waals surface area contributed by atoms with Crippen molar-refractivity contribution < 1.29 is 14.3 Å². The van der Waals surface area contributed by atoms with E-state index in [1.807, 2.05) is 11.9 Å². The van der Waals surface area contributed by atoms with Crippen LogP contribution in [0.2, 0.25) is 0 Å². The Morgan fingerprint density at radius 1 is 1.15 bits per heavy atom. The van der Waals surface area contributed by atoms with E-state index in [0.29, 0.717) is 23.3 Å². The summed E-state index contributed by atoms with van der Waals surface area (Å²) in [7, 11) is 3.32. The number of nitrogens with zero attached hydrogens (tertiary/aromatic N) is 3. The molecule has 1 saturated carbocycles. The minimum absolute atomic E-state index is 0.00862. The van der Waals surface area contributed by atoms with Gasteiger partial charge in [-0.15, -0.1) is 10.2 Å². The van der Waals surface area contributed by atoms with Crippen molar-refractivity contribution in [2.75, 3.05) is 27.2 Å². The van der Waals surface area contributed by atoms with E-state index in [-0.39, 0.29) is 17.9 Å². The minimum atomic E-state index is -0.134. The fraction of sp³-hybridized carbons (Fsp3) is 0.789. The summed E-state index contributed by atoms with van der Waals surface area (Å²) in [5.74, 6) is 0.841. The van der Waals surface area contributed by atoms with Crippen LogP contribution in [0.25, 0.3) is 0 Å². The molecule has 150 valence electrons. The van der Waals surface area contributed by atoms with Crippen LogP contribution in [0.3, 0.4) is 0 Å². The molecule has 0 aromatic carbocycles. The molecular weight excluding hydrogens is 364 g/mol. The zero-order valence-electron chi connectivity index (χ0n) is 16.3. The van der Waals surface area contributed by atoms with E-state index in [2.05, 4.69) is 15.5 Å². The molecule has 2 fully saturated rings. The van der Waals surface area contributed by atoms with Crippen LogP contribution in [-0.4, -0.2) is 60.3 Å². The third kappa shape index (κ3) is 5.25. The minimum Gasteiger partial charge on any atom is -0.469 e. The Labute approximate surface area is 164 Å². The normalized spacial score (nSPS) is 23.8. The lowest BCUT2D eigenvalue weighted by molar-refractivity contribution is -0.141. The number of rotatable bonds is 6. The van der Waals surface area contributed by atoms with Gasteiger partial charge in [0.15, 0.2) is 0 Å². The number of aromatic nitrogens is 2. The molecule has 0 unspecified atom stereocenters. The van der Waals surface area contributed by atoms with Crippen molar-refractivity contribution in [1.29, 1.82) is 0 Å². The van der Waals surface area contributed by atoms with Gasteiger partial charge in [-0.05, 0) is 64.0 Å². The molecule has 0 atom stereocenters. The van der Waals surface area contributed by atoms with Crippen molar-refractivity contribution >= 4 is 23.2 Å². The molecule has 2 aliphatic rings. The topological polar surface area (TPSA) is 84.4 Å². The summed E-state index contributed by atoms with van der Waals surface area (Å²) in [6, 6.07) is 0.248. The number of piperidine rings is 1. The monoisotopic (exact) mass is 394 g/mol. The van der Waals surface area contributed by atoms with Crippen LogP contribution in [0.15, 0.2) is 0 Å². The quantitative estimate of drug-likeness (QED) is 0.747. The summed E-state index contributed by atoms with van der Waals surface area (Å²) in [6.45, 7) is 2.01. The first-order valence-electron chi connectivity index (χ1n) is 9.96. The molecule has 1 aromatic rings. The van der Waals surface area contributed by atoms with E-state index in [0.717, 1.165) is 63.0 Å². The molecule has 1 amide bonds. The van der Waals surface area contributed by atoms with Crippen molar-refractivity contribution in [2.45, 2.75) is 63.3 Å². The predicted molar refractivity (Wildman–Crippen MR) is 104 cm³/mol. The predicted octanol–water partition coefficient (Wildman–Crippen LogP) is 2.59. The van der Waals surface area contributed by atoms with Gasteiger partial charge in [0, 0.05) is 25.4 Å². The first kappa shape index (κ1) is 20.2. The van der Waals surface area contributed by atoms with Gasteiger partial charge in [-0.1, -0.05) is 11.3 Å². The fourth-order valence-corrected chi connectivity index (χ4v) is 5.11. The largest absolute Gasteiger partial charge is 0.469 e. The van der Waals surface area contributed by atoms with Crippen molar-refractivity contribution in [3.05, 3.63) is 10.0 Å². The lowest BCUT2D eigenvalue weighted by atomic mass is 9.83. The van der Waals surface area contributed by atoms with Crippen LogP contribution in [0.1, 0.15) is 72.1 Å².